The van der Waals surface area contributed by atoms with E-state index in [1.807, 2.05) is 19.1 Å². The molecule has 0 spiro atoms. The Hall–Kier alpha value is -1.52. The van der Waals surface area contributed by atoms with Crippen molar-refractivity contribution in [3.8, 4) is 17.4 Å². The largest absolute Gasteiger partial charge is 0.494 e. The summed E-state index contributed by atoms with van der Waals surface area (Å²) in [4.78, 5) is 7.65. The van der Waals surface area contributed by atoms with E-state index in [9.17, 15) is 0 Å². The third-order valence-electron chi connectivity index (χ3n) is 2.01. The molecule has 0 fully saturated rings. The SMILES string of the molecule is CCOc1cccc(Oc2nc(Cl)ncc2Cl)c1. The first kappa shape index (κ1) is 12.9. The van der Waals surface area contributed by atoms with Crippen LogP contribution in [0.1, 0.15) is 6.92 Å². The van der Waals surface area contributed by atoms with Crippen LogP contribution in [0.3, 0.4) is 0 Å². The van der Waals surface area contributed by atoms with Crippen molar-refractivity contribution in [2.45, 2.75) is 6.92 Å². The molecular formula is C12H10Cl2N2O2. The van der Waals surface area contributed by atoms with Crippen LogP contribution >= 0.6 is 23.2 Å². The third-order valence-corrected chi connectivity index (χ3v) is 2.45. The molecule has 0 saturated carbocycles. The van der Waals surface area contributed by atoms with Crippen LogP contribution in [0.25, 0.3) is 0 Å². The lowest BCUT2D eigenvalue weighted by molar-refractivity contribution is 0.338. The number of aromatic nitrogens is 2. The van der Waals surface area contributed by atoms with Crippen molar-refractivity contribution in [1.82, 2.24) is 9.97 Å². The van der Waals surface area contributed by atoms with Crippen molar-refractivity contribution in [1.29, 1.82) is 0 Å². The minimum absolute atomic E-state index is 0.0790. The summed E-state index contributed by atoms with van der Waals surface area (Å²) in [6, 6.07) is 7.17. The average molecular weight is 285 g/mol. The second-order valence-corrected chi connectivity index (χ2v) is 4.05. The van der Waals surface area contributed by atoms with Crippen molar-refractivity contribution in [2.24, 2.45) is 0 Å². The van der Waals surface area contributed by atoms with E-state index in [1.165, 1.54) is 6.20 Å². The number of benzene rings is 1. The van der Waals surface area contributed by atoms with Gasteiger partial charge in [-0.15, -0.1) is 0 Å². The van der Waals surface area contributed by atoms with E-state index in [2.05, 4.69) is 9.97 Å². The number of ether oxygens (including phenoxy) is 2. The van der Waals surface area contributed by atoms with E-state index in [0.717, 1.165) is 0 Å². The molecule has 0 unspecified atom stereocenters. The quantitative estimate of drug-likeness (QED) is 0.797. The van der Waals surface area contributed by atoms with Crippen LogP contribution in [-0.2, 0) is 0 Å². The molecule has 94 valence electrons. The molecule has 0 bridgehead atoms. The maximum absolute atomic E-state index is 5.91. The maximum atomic E-state index is 5.91. The van der Waals surface area contributed by atoms with Crippen molar-refractivity contribution in [2.75, 3.05) is 6.61 Å². The van der Waals surface area contributed by atoms with Crippen LogP contribution in [0.15, 0.2) is 30.5 Å². The van der Waals surface area contributed by atoms with Gasteiger partial charge in [-0.25, -0.2) is 4.98 Å². The second-order valence-electron chi connectivity index (χ2n) is 3.30. The number of rotatable bonds is 4. The first-order chi connectivity index (χ1) is 8.69. The van der Waals surface area contributed by atoms with Crippen LogP contribution in [0, 0.1) is 0 Å². The smallest absolute Gasteiger partial charge is 0.242 e. The molecule has 0 aliphatic heterocycles. The van der Waals surface area contributed by atoms with Gasteiger partial charge in [0.1, 0.15) is 16.5 Å². The minimum Gasteiger partial charge on any atom is -0.494 e. The molecule has 2 rings (SSSR count). The number of hydrogen-bond acceptors (Lipinski definition) is 4. The van der Waals surface area contributed by atoms with Crippen molar-refractivity contribution >= 4 is 23.2 Å². The molecule has 0 atom stereocenters. The lowest BCUT2D eigenvalue weighted by atomic mass is 10.3. The first-order valence-electron chi connectivity index (χ1n) is 5.28. The Morgan fingerprint density at radius 3 is 2.78 bits per heavy atom. The Balaban J connectivity index is 2.22. The third kappa shape index (κ3) is 3.24. The normalized spacial score (nSPS) is 10.2. The van der Waals surface area contributed by atoms with Gasteiger partial charge in [-0.3, -0.25) is 0 Å². The van der Waals surface area contributed by atoms with E-state index in [1.54, 1.807) is 12.1 Å². The van der Waals surface area contributed by atoms with Gasteiger partial charge in [0.25, 0.3) is 0 Å². The van der Waals surface area contributed by atoms with Gasteiger partial charge in [0.05, 0.1) is 12.8 Å². The molecule has 0 N–H and O–H groups in total. The lowest BCUT2D eigenvalue weighted by Gasteiger charge is -2.08. The van der Waals surface area contributed by atoms with Gasteiger partial charge in [0.15, 0.2) is 0 Å². The summed E-state index contributed by atoms with van der Waals surface area (Å²) in [6.07, 6.45) is 1.39. The summed E-state index contributed by atoms with van der Waals surface area (Å²) in [7, 11) is 0. The summed E-state index contributed by atoms with van der Waals surface area (Å²) in [5, 5.41) is 0.372. The Morgan fingerprint density at radius 1 is 1.22 bits per heavy atom. The van der Waals surface area contributed by atoms with E-state index < -0.39 is 0 Å². The first-order valence-corrected chi connectivity index (χ1v) is 6.03. The molecule has 2 aromatic rings. The maximum Gasteiger partial charge on any atom is 0.242 e. The summed E-state index contributed by atoms with van der Waals surface area (Å²) in [6.45, 7) is 2.50. The molecule has 0 radical (unpaired) electrons. The van der Waals surface area contributed by atoms with Crippen molar-refractivity contribution in [3.63, 3.8) is 0 Å². The number of halogens is 2. The van der Waals surface area contributed by atoms with Crippen LogP contribution in [-0.4, -0.2) is 16.6 Å². The predicted octanol–water partition coefficient (Wildman–Crippen LogP) is 3.97. The monoisotopic (exact) mass is 284 g/mol. The Kier molecular flexibility index (Phi) is 4.23. The Morgan fingerprint density at radius 2 is 2.00 bits per heavy atom. The van der Waals surface area contributed by atoms with Gasteiger partial charge in [0, 0.05) is 6.07 Å². The van der Waals surface area contributed by atoms with E-state index in [-0.39, 0.29) is 11.2 Å². The molecule has 4 nitrogen and oxygen atoms in total. The lowest BCUT2D eigenvalue weighted by Crippen LogP contribution is -1.94. The molecule has 1 heterocycles. The average Bonchev–Trinajstić information content (AvgIpc) is 2.35. The zero-order chi connectivity index (χ0) is 13.0. The molecule has 0 aliphatic rings. The highest BCUT2D eigenvalue weighted by atomic mass is 35.5. The van der Waals surface area contributed by atoms with Crippen LogP contribution in [0.5, 0.6) is 17.4 Å². The van der Waals surface area contributed by atoms with Crippen LogP contribution in [0.4, 0.5) is 0 Å². The summed E-state index contributed by atoms with van der Waals surface area (Å²) in [5.41, 5.74) is 0. The van der Waals surface area contributed by atoms with E-state index in [0.29, 0.717) is 23.1 Å². The number of hydrogen-bond donors (Lipinski definition) is 0. The summed E-state index contributed by atoms with van der Waals surface area (Å²) in [5.74, 6) is 1.49. The topological polar surface area (TPSA) is 44.2 Å². The number of nitrogens with zero attached hydrogens (tertiary/aromatic N) is 2. The van der Waals surface area contributed by atoms with Crippen LogP contribution in [0.2, 0.25) is 10.3 Å². The van der Waals surface area contributed by atoms with E-state index >= 15 is 0 Å². The summed E-state index contributed by atoms with van der Waals surface area (Å²) >= 11 is 11.6. The van der Waals surface area contributed by atoms with Gasteiger partial charge >= 0.3 is 0 Å². The van der Waals surface area contributed by atoms with E-state index in [4.69, 9.17) is 32.7 Å². The second kappa shape index (κ2) is 5.89. The molecule has 0 saturated heterocycles. The molecule has 18 heavy (non-hydrogen) atoms. The molecular weight excluding hydrogens is 275 g/mol. The highest BCUT2D eigenvalue weighted by molar-refractivity contribution is 6.32. The standard InChI is InChI=1S/C12H10Cl2N2O2/c1-2-17-8-4-3-5-9(6-8)18-11-10(13)7-15-12(14)16-11/h3-7H,2H2,1H3. The zero-order valence-electron chi connectivity index (χ0n) is 9.56. The summed E-state index contributed by atoms with van der Waals surface area (Å²) < 4.78 is 10.9. The van der Waals surface area contributed by atoms with Crippen LogP contribution < -0.4 is 9.47 Å². The van der Waals surface area contributed by atoms with Gasteiger partial charge in [-0.05, 0) is 30.7 Å². The highest BCUT2D eigenvalue weighted by Crippen LogP contribution is 2.29. The van der Waals surface area contributed by atoms with Gasteiger partial charge in [-0.2, -0.15) is 4.98 Å². The fourth-order valence-corrected chi connectivity index (χ4v) is 1.56. The zero-order valence-corrected chi connectivity index (χ0v) is 11.1. The molecule has 1 aromatic heterocycles. The fraction of sp³-hybridized carbons (Fsp3) is 0.167. The van der Waals surface area contributed by atoms with Gasteiger partial charge < -0.3 is 9.47 Å². The minimum atomic E-state index is 0.0790. The highest BCUT2D eigenvalue weighted by Gasteiger charge is 2.07. The molecule has 0 aliphatic carbocycles. The van der Waals surface area contributed by atoms with Gasteiger partial charge in [0.2, 0.25) is 11.2 Å². The molecule has 0 amide bonds. The predicted molar refractivity (Wildman–Crippen MR) is 69.7 cm³/mol. The van der Waals surface area contributed by atoms with Gasteiger partial charge in [-0.1, -0.05) is 17.7 Å². The Labute approximate surface area is 114 Å². The van der Waals surface area contributed by atoms with Crippen molar-refractivity contribution in [3.05, 3.63) is 40.8 Å². The molecule has 6 heteroatoms. The fourth-order valence-electron chi connectivity index (χ4n) is 1.31. The molecule has 1 aromatic carbocycles. The van der Waals surface area contributed by atoms with Crippen molar-refractivity contribution < 1.29 is 9.47 Å². The Bertz CT molecular complexity index is 549.